The second-order valence-electron chi connectivity index (χ2n) is 4.98. The van der Waals surface area contributed by atoms with Crippen molar-refractivity contribution in [2.24, 2.45) is 0 Å². The topological polar surface area (TPSA) is 21.3 Å². The van der Waals surface area contributed by atoms with Gasteiger partial charge in [-0.2, -0.15) is 0 Å². The summed E-state index contributed by atoms with van der Waals surface area (Å²) < 4.78 is 32.7. The summed E-state index contributed by atoms with van der Waals surface area (Å²) in [5, 5.41) is 3.30. The summed E-state index contributed by atoms with van der Waals surface area (Å²) >= 11 is 0. The fourth-order valence-electron chi connectivity index (χ4n) is 2.35. The normalized spacial score (nSPS) is 25.4. The Bertz CT molecular complexity index is 436. The molecule has 1 aliphatic rings. The number of benzene rings is 1. The fraction of sp³-hybridized carbons (Fsp3) is 0.571. The SMILES string of the molecule is Cc1cc(F)c(C(C)NC2CCOC2C)cc1F. The van der Waals surface area contributed by atoms with E-state index >= 15 is 0 Å². The lowest BCUT2D eigenvalue weighted by atomic mass is 10.0. The largest absolute Gasteiger partial charge is 0.377 e. The maximum absolute atomic E-state index is 13.8. The number of rotatable bonds is 3. The molecule has 1 fully saturated rings. The van der Waals surface area contributed by atoms with Crippen LogP contribution in [-0.4, -0.2) is 18.8 Å². The third kappa shape index (κ3) is 2.70. The number of hydrogen-bond donors (Lipinski definition) is 1. The lowest BCUT2D eigenvalue weighted by Gasteiger charge is -2.22. The molecule has 100 valence electrons. The van der Waals surface area contributed by atoms with Crippen LogP contribution in [0.5, 0.6) is 0 Å². The van der Waals surface area contributed by atoms with Gasteiger partial charge in [0.1, 0.15) is 11.6 Å². The first-order valence-corrected chi connectivity index (χ1v) is 6.32. The monoisotopic (exact) mass is 255 g/mol. The minimum absolute atomic E-state index is 0.116. The number of nitrogens with one attached hydrogen (secondary N) is 1. The molecule has 1 aliphatic heterocycles. The van der Waals surface area contributed by atoms with E-state index in [0.29, 0.717) is 11.1 Å². The van der Waals surface area contributed by atoms with Crippen LogP contribution in [0.15, 0.2) is 12.1 Å². The van der Waals surface area contributed by atoms with E-state index in [1.807, 2.05) is 13.8 Å². The van der Waals surface area contributed by atoms with Crippen LogP contribution >= 0.6 is 0 Å². The van der Waals surface area contributed by atoms with Crippen LogP contribution < -0.4 is 5.32 Å². The molecule has 0 saturated carbocycles. The molecule has 2 rings (SSSR count). The van der Waals surface area contributed by atoms with Crippen molar-refractivity contribution >= 4 is 0 Å². The number of aryl methyl sites for hydroxylation is 1. The molecule has 2 nitrogen and oxygen atoms in total. The standard InChI is InChI=1S/C14H19F2NO/c1-8-6-13(16)11(7-12(8)15)9(2)17-14-4-5-18-10(14)3/h6-7,9-10,14,17H,4-5H2,1-3H3. The van der Waals surface area contributed by atoms with E-state index in [2.05, 4.69) is 5.32 Å². The number of hydrogen-bond acceptors (Lipinski definition) is 2. The van der Waals surface area contributed by atoms with Crippen molar-refractivity contribution in [3.8, 4) is 0 Å². The van der Waals surface area contributed by atoms with Gasteiger partial charge in [-0.15, -0.1) is 0 Å². The second kappa shape index (κ2) is 5.33. The van der Waals surface area contributed by atoms with Crippen LogP contribution in [0.3, 0.4) is 0 Å². The van der Waals surface area contributed by atoms with Crippen LogP contribution in [0.2, 0.25) is 0 Å². The van der Waals surface area contributed by atoms with E-state index in [-0.39, 0.29) is 29.8 Å². The van der Waals surface area contributed by atoms with Crippen molar-refractivity contribution in [2.75, 3.05) is 6.61 Å². The zero-order valence-electron chi connectivity index (χ0n) is 11.0. The quantitative estimate of drug-likeness (QED) is 0.896. The minimum atomic E-state index is -0.365. The summed E-state index contributed by atoms with van der Waals surface area (Å²) in [6.45, 7) is 6.12. The Hall–Kier alpha value is -1.00. The van der Waals surface area contributed by atoms with E-state index in [0.717, 1.165) is 13.0 Å². The summed E-state index contributed by atoms with van der Waals surface area (Å²) in [5.41, 5.74) is 0.707. The second-order valence-corrected chi connectivity index (χ2v) is 4.98. The Balaban J connectivity index is 2.13. The molecule has 18 heavy (non-hydrogen) atoms. The van der Waals surface area contributed by atoms with Gasteiger partial charge in [-0.1, -0.05) is 0 Å². The lowest BCUT2D eigenvalue weighted by molar-refractivity contribution is 0.111. The molecule has 3 atom stereocenters. The van der Waals surface area contributed by atoms with Gasteiger partial charge < -0.3 is 10.1 Å². The van der Waals surface area contributed by atoms with Crippen LogP contribution in [0.4, 0.5) is 8.78 Å². The molecule has 1 saturated heterocycles. The molecule has 1 heterocycles. The first-order chi connectivity index (χ1) is 8.49. The molecular formula is C14H19F2NO. The maximum atomic E-state index is 13.8. The predicted molar refractivity (Wildman–Crippen MR) is 66.5 cm³/mol. The first kappa shape index (κ1) is 13.4. The van der Waals surface area contributed by atoms with Crippen LogP contribution in [-0.2, 0) is 4.74 Å². The van der Waals surface area contributed by atoms with Gasteiger partial charge in [0.25, 0.3) is 0 Å². The van der Waals surface area contributed by atoms with E-state index in [1.54, 1.807) is 6.92 Å². The molecular weight excluding hydrogens is 236 g/mol. The lowest BCUT2D eigenvalue weighted by Crippen LogP contribution is -2.36. The summed E-state index contributed by atoms with van der Waals surface area (Å²) in [4.78, 5) is 0. The van der Waals surface area contributed by atoms with Crippen molar-refractivity contribution in [2.45, 2.75) is 45.4 Å². The third-order valence-electron chi connectivity index (χ3n) is 3.58. The van der Waals surface area contributed by atoms with Crippen LogP contribution in [0.25, 0.3) is 0 Å². The average molecular weight is 255 g/mol. The molecule has 1 N–H and O–H groups in total. The molecule has 0 amide bonds. The molecule has 1 aromatic rings. The predicted octanol–water partition coefficient (Wildman–Crippen LogP) is 3.10. The van der Waals surface area contributed by atoms with Crippen molar-refractivity contribution in [3.05, 3.63) is 34.9 Å². The highest BCUT2D eigenvalue weighted by Gasteiger charge is 2.26. The molecule has 0 aliphatic carbocycles. The molecule has 1 aromatic carbocycles. The van der Waals surface area contributed by atoms with Gasteiger partial charge in [0.2, 0.25) is 0 Å². The Morgan fingerprint density at radius 1 is 1.33 bits per heavy atom. The zero-order valence-corrected chi connectivity index (χ0v) is 11.0. The average Bonchev–Trinajstić information content (AvgIpc) is 2.69. The fourth-order valence-corrected chi connectivity index (χ4v) is 2.35. The van der Waals surface area contributed by atoms with Crippen molar-refractivity contribution in [3.63, 3.8) is 0 Å². The van der Waals surface area contributed by atoms with E-state index < -0.39 is 0 Å². The first-order valence-electron chi connectivity index (χ1n) is 6.32. The summed E-state index contributed by atoms with van der Waals surface area (Å²) in [7, 11) is 0. The summed E-state index contributed by atoms with van der Waals surface area (Å²) in [6, 6.07) is 2.50. The van der Waals surface area contributed by atoms with Crippen LogP contribution in [0, 0.1) is 18.6 Å². The van der Waals surface area contributed by atoms with E-state index in [9.17, 15) is 8.78 Å². The van der Waals surface area contributed by atoms with Gasteiger partial charge in [-0.25, -0.2) is 8.78 Å². The Morgan fingerprint density at radius 2 is 2.06 bits per heavy atom. The van der Waals surface area contributed by atoms with Gasteiger partial charge in [-0.3, -0.25) is 0 Å². The highest BCUT2D eigenvalue weighted by Crippen LogP contribution is 2.23. The van der Waals surface area contributed by atoms with Crippen molar-refractivity contribution in [1.29, 1.82) is 0 Å². The third-order valence-corrected chi connectivity index (χ3v) is 3.58. The van der Waals surface area contributed by atoms with Crippen molar-refractivity contribution in [1.82, 2.24) is 5.32 Å². The highest BCUT2D eigenvalue weighted by atomic mass is 19.1. The van der Waals surface area contributed by atoms with Gasteiger partial charge in [0.05, 0.1) is 6.10 Å². The smallest absolute Gasteiger partial charge is 0.128 e. The molecule has 4 heteroatoms. The van der Waals surface area contributed by atoms with Gasteiger partial charge >= 0.3 is 0 Å². The van der Waals surface area contributed by atoms with Gasteiger partial charge in [0, 0.05) is 24.3 Å². The molecule has 0 aromatic heterocycles. The molecule has 0 spiro atoms. The molecule has 0 bridgehead atoms. The van der Waals surface area contributed by atoms with E-state index in [1.165, 1.54) is 12.1 Å². The van der Waals surface area contributed by atoms with Gasteiger partial charge in [-0.05, 0) is 44.9 Å². The zero-order chi connectivity index (χ0) is 13.3. The Morgan fingerprint density at radius 3 is 2.67 bits per heavy atom. The van der Waals surface area contributed by atoms with Crippen LogP contribution in [0.1, 0.15) is 37.4 Å². The van der Waals surface area contributed by atoms with Crippen molar-refractivity contribution < 1.29 is 13.5 Å². The maximum Gasteiger partial charge on any atom is 0.128 e. The minimum Gasteiger partial charge on any atom is -0.377 e. The Labute approximate surface area is 106 Å². The molecule has 0 radical (unpaired) electrons. The summed E-state index contributed by atoms with van der Waals surface area (Å²) in [6.07, 6.45) is 1.02. The molecule has 3 unspecified atom stereocenters. The van der Waals surface area contributed by atoms with Gasteiger partial charge in [0.15, 0.2) is 0 Å². The Kier molecular flexibility index (Phi) is 3.97. The highest BCUT2D eigenvalue weighted by molar-refractivity contribution is 5.27. The van der Waals surface area contributed by atoms with E-state index in [4.69, 9.17) is 4.74 Å². The number of halogens is 2. The number of ether oxygens (including phenoxy) is 1. The summed E-state index contributed by atoms with van der Waals surface area (Å²) in [5.74, 6) is -0.726.